The second-order valence-corrected chi connectivity index (χ2v) is 6.55. The number of carbonyl (C=O) groups is 1. The number of aliphatic carboxylic acids is 1. The molecule has 2 rings (SSSR count). The standard InChI is InChI=1S/C15H24N2O2/c1-17(12-14(7-8-14)9-10-16)15(11-13(18)19)5-3-2-4-6-15/h2-9,11-12H2,1H3,(H,18,19). The Morgan fingerprint density at radius 2 is 1.89 bits per heavy atom. The molecule has 0 aromatic heterocycles. The molecule has 4 heteroatoms. The van der Waals surface area contributed by atoms with Gasteiger partial charge in [0, 0.05) is 18.5 Å². The third kappa shape index (κ3) is 3.27. The Bertz CT molecular complexity index is 376. The monoisotopic (exact) mass is 264 g/mol. The molecule has 0 aromatic rings. The van der Waals surface area contributed by atoms with Gasteiger partial charge in [-0.05, 0) is 38.1 Å². The van der Waals surface area contributed by atoms with Crippen molar-refractivity contribution in [2.45, 2.75) is 63.3 Å². The van der Waals surface area contributed by atoms with E-state index in [-0.39, 0.29) is 17.4 Å². The first-order valence-corrected chi connectivity index (χ1v) is 7.32. The minimum absolute atomic E-state index is 0.159. The summed E-state index contributed by atoms with van der Waals surface area (Å²) in [5.74, 6) is -0.695. The summed E-state index contributed by atoms with van der Waals surface area (Å²) in [6.07, 6.45) is 8.54. The van der Waals surface area contributed by atoms with Crippen molar-refractivity contribution in [3.8, 4) is 6.07 Å². The van der Waals surface area contributed by atoms with Crippen molar-refractivity contribution in [3.05, 3.63) is 0 Å². The maximum atomic E-state index is 11.2. The highest BCUT2D eigenvalue weighted by Crippen LogP contribution is 2.50. The predicted molar refractivity (Wildman–Crippen MR) is 72.6 cm³/mol. The van der Waals surface area contributed by atoms with Crippen LogP contribution in [0.3, 0.4) is 0 Å². The lowest BCUT2D eigenvalue weighted by atomic mass is 9.77. The lowest BCUT2D eigenvalue weighted by Gasteiger charge is -2.45. The van der Waals surface area contributed by atoms with Crippen LogP contribution < -0.4 is 0 Å². The Hall–Kier alpha value is -1.08. The second kappa shape index (κ2) is 5.50. The van der Waals surface area contributed by atoms with Crippen molar-refractivity contribution in [1.82, 2.24) is 4.90 Å². The molecule has 2 aliphatic rings. The molecule has 0 atom stereocenters. The molecule has 2 fully saturated rings. The van der Waals surface area contributed by atoms with E-state index in [1.54, 1.807) is 0 Å². The summed E-state index contributed by atoms with van der Waals surface area (Å²) in [5.41, 5.74) is -0.0123. The van der Waals surface area contributed by atoms with Gasteiger partial charge in [-0.15, -0.1) is 0 Å². The molecule has 0 saturated heterocycles. The summed E-state index contributed by atoms with van der Waals surface area (Å²) >= 11 is 0. The maximum absolute atomic E-state index is 11.2. The zero-order valence-corrected chi connectivity index (χ0v) is 11.8. The molecule has 1 N–H and O–H groups in total. The highest BCUT2D eigenvalue weighted by molar-refractivity contribution is 5.68. The summed E-state index contributed by atoms with van der Waals surface area (Å²) in [7, 11) is 2.06. The van der Waals surface area contributed by atoms with Crippen LogP contribution in [-0.4, -0.2) is 35.1 Å². The van der Waals surface area contributed by atoms with Crippen molar-refractivity contribution in [3.63, 3.8) is 0 Å². The van der Waals surface area contributed by atoms with E-state index in [9.17, 15) is 9.90 Å². The number of carboxylic acids is 1. The van der Waals surface area contributed by atoms with Gasteiger partial charge in [0.15, 0.2) is 0 Å². The minimum atomic E-state index is -0.695. The number of carboxylic acid groups (broad SMARTS) is 1. The molecule has 0 aliphatic heterocycles. The Balaban J connectivity index is 2.05. The molecule has 0 spiro atoms. The fraction of sp³-hybridized carbons (Fsp3) is 0.867. The Morgan fingerprint density at radius 3 is 2.37 bits per heavy atom. The molecule has 0 aromatic carbocycles. The molecule has 19 heavy (non-hydrogen) atoms. The minimum Gasteiger partial charge on any atom is -0.481 e. The van der Waals surface area contributed by atoms with Gasteiger partial charge in [0.05, 0.1) is 12.5 Å². The number of hydrogen-bond donors (Lipinski definition) is 1. The smallest absolute Gasteiger partial charge is 0.305 e. The Kier molecular flexibility index (Phi) is 4.15. The average Bonchev–Trinajstić information content (AvgIpc) is 3.09. The zero-order chi connectivity index (χ0) is 13.9. The van der Waals surface area contributed by atoms with Gasteiger partial charge in [0.2, 0.25) is 0 Å². The predicted octanol–water partition coefficient (Wildman–Crippen LogP) is 2.79. The van der Waals surface area contributed by atoms with Gasteiger partial charge in [-0.1, -0.05) is 19.3 Å². The molecular weight excluding hydrogens is 240 g/mol. The number of hydrogen-bond acceptors (Lipinski definition) is 3. The van der Waals surface area contributed by atoms with Gasteiger partial charge < -0.3 is 5.11 Å². The van der Waals surface area contributed by atoms with E-state index in [1.165, 1.54) is 6.42 Å². The van der Waals surface area contributed by atoms with Crippen molar-refractivity contribution in [2.24, 2.45) is 5.41 Å². The first-order chi connectivity index (χ1) is 9.02. The van der Waals surface area contributed by atoms with Crippen molar-refractivity contribution >= 4 is 5.97 Å². The summed E-state index contributed by atoms with van der Waals surface area (Å²) in [6, 6.07) is 2.29. The number of nitrogens with zero attached hydrogens (tertiary/aromatic N) is 2. The van der Waals surface area contributed by atoms with Crippen LogP contribution in [0.25, 0.3) is 0 Å². The van der Waals surface area contributed by atoms with Crippen LogP contribution in [0.15, 0.2) is 0 Å². The highest BCUT2D eigenvalue weighted by Gasteiger charge is 2.47. The lowest BCUT2D eigenvalue weighted by Crippen LogP contribution is -2.51. The normalized spacial score (nSPS) is 23.8. The van der Waals surface area contributed by atoms with Gasteiger partial charge >= 0.3 is 5.97 Å². The molecule has 106 valence electrons. The van der Waals surface area contributed by atoms with E-state index < -0.39 is 5.97 Å². The van der Waals surface area contributed by atoms with Crippen molar-refractivity contribution in [2.75, 3.05) is 13.6 Å². The van der Waals surface area contributed by atoms with Crippen LogP contribution in [-0.2, 0) is 4.79 Å². The van der Waals surface area contributed by atoms with E-state index in [1.807, 2.05) is 0 Å². The topological polar surface area (TPSA) is 64.3 Å². The van der Waals surface area contributed by atoms with Crippen molar-refractivity contribution < 1.29 is 9.90 Å². The fourth-order valence-corrected chi connectivity index (χ4v) is 3.59. The quantitative estimate of drug-likeness (QED) is 0.801. The Labute approximate surface area is 115 Å². The summed E-state index contributed by atoms with van der Waals surface area (Å²) in [6.45, 7) is 0.883. The largest absolute Gasteiger partial charge is 0.481 e. The Morgan fingerprint density at radius 1 is 1.26 bits per heavy atom. The zero-order valence-electron chi connectivity index (χ0n) is 11.8. The lowest BCUT2D eigenvalue weighted by molar-refractivity contribution is -0.141. The summed E-state index contributed by atoms with van der Waals surface area (Å²) in [4.78, 5) is 13.5. The first kappa shape index (κ1) is 14.3. The number of rotatable bonds is 6. The van der Waals surface area contributed by atoms with E-state index >= 15 is 0 Å². The van der Waals surface area contributed by atoms with Crippen LogP contribution in [0.2, 0.25) is 0 Å². The van der Waals surface area contributed by atoms with Gasteiger partial charge in [-0.2, -0.15) is 5.26 Å². The average molecular weight is 264 g/mol. The third-order valence-corrected chi connectivity index (χ3v) is 5.06. The molecule has 0 heterocycles. The van der Waals surface area contributed by atoms with Crippen molar-refractivity contribution in [1.29, 1.82) is 5.26 Å². The molecule has 0 radical (unpaired) electrons. The molecule has 4 nitrogen and oxygen atoms in total. The molecule has 2 saturated carbocycles. The maximum Gasteiger partial charge on any atom is 0.305 e. The molecule has 0 bridgehead atoms. The van der Waals surface area contributed by atoms with E-state index in [4.69, 9.17) is 5.26 Å². The first-order valence-electron chi connectivity index (χ1n) is 7.32. The van der Waals surface area contributed by atoms with Crippen LogP contribution >= 0.6 is 0 Å². The third-order valence-electron chi connectivity index (χ3n) is 5.06. The van der Waals surface area contributed by atoms with E-state index in [2.05, 4.69) is 18.0 Å². The summed E-state index contributed by atoms with van der Waals surface area (Å²) < 4.78 is 0. The SMILES string of the molecule is CN(CC1(CC#N)CC1)C1(CC(=O)O)CCCCC1. The van der Waals surface area contributed by atoms with Gasteiger partial charge in [0.25, 0.3) is 0 Å². The molecule has 0 amide bonds. The van der Waals surface area contributed by atoms with Crippen LogP contribution in [0, 0.1) is 16.7 Å². The molecule has 2 aliphatic carbocycles. The second-order valence-electron chi connectivity index (χ2n) is 6.55. The fourth-order valence-electron chi connectivity index (χ4n) is 3.59. The molecule has 0 unspecified atom stereocenters. The van der Waals surface area contributed by atoms with Gasteiger partial charge in [-0.25, -0.2) is 0 Å². The molecular formula is C15H24N2O2. The highest BCUT2D eigenvalue weighted by atomic mass is 16.4. The van der Waals surface area contributed by atoms with Crippen LogP contribution in [0.1, 0.15) is 57.8 Å². The van der Waals surface area contributed by atoms with Crippen LogP contribution in [0.5, 0.6) is 0 Å². The van der Waals surface area contributed by atoms with E-state index in [0.717, 1.165) is 45.1 Å². The van der Waals surface area contributed by atoms with Gasteiger partial charge in [0.1, 0.15) is 0 Å². The summed E-state index contributed by atoms with van der Waals surface area (Å²) in [5, 5.41) is 18.1. The van der Waals surface area contributed by atoms with Gasteiger partial charge in [-0.3, -0.25) is 9.69 Å². The van der Waals surface area contributed by atoms with E-state index in [0.29, 0.717) is 6.42 Å². The van der Waals surface area contributed by atoms with Crippen LogP contribution in [0.4, 0.5) is 0 Å². The number of nitriles is 1.